The van der Waals surface area contributed by atoms with Crippen LogP contribution in [0.4, 0.5) is 0 Å². The van der Waals surface area contributed by atoms with Crippen molar-refractivity contribution < 1.29 is 14.3 Å². The normalized spacial score (nSPS) is 14.1. The van der Waals surface area contributed by atoms with Crippen molar-refractivity contribution in [1.82, 2.24) is 0 Å². The number of Topliss-reactive ketones (excluding diaryl/α,β-unsaturated/α-hetero) is 1. The minimum Gasteiger partial charge on any atom is -0.490 e. The fraction of sp³-hybridized carbons (Fsp3) is 0.125. The van der Waals surface area contributed by atoms with Gasteiger partial charge in [-0.25, -0.2) is 0 Å². The van der Waals surface area contributed by atoms with Gasteiger partial charge in [0, 0.05) is 10.5 Å². The molecule has 146 valence electrons. The Labute approximate surface area is 188 Å². The van der Waals surface area contributed by atoms with Gasteiger partial charge in [-0.15, -0.1) is 0 Å². The smallest absolute Gasteiger partial charge is 0.200 e. The summed E-state index contributed by atoms with van der Waals surface area (Å²) < 4.78 is 12.9. The van der Waals surface area contributed by atoms with Gasteiger partial charge in [0.25, 0.3) is 0 Å². The third-order valence-electron chi connectivity index (χ3n) is 4.43. The van der Waals surface area contributed by atoms with E-state index in [0.29, 0.717) is 19.0 Å². The number of carbonyl (C=O) groups excluding carboxylic acids is 1. The van der Waals surface area contributed by atoms with Gasteiger partial charge in [0.1, 0.15) is 6.61 Å². The second kappa shape index (κ2) is 9.05. The molecule has 0 amide bonds. The third kappa shape index (κ3) is 4.51. The van der Waals surface area contributed by atoms with E-state index in [1.165, 1.54) is 11.8 Å². The zero-order valence-corrected chi connectivity index (χ0v) is 18.8. The molecule has 0 N–H and O–H groups in total. The highest BCUT2D eigenvalue weighted by atomic mass is 127. The highest BCUT2D eigenvalue weighted by molar-refractivity contribution is 14.1. The van der Waals surface area contributed by atoms with Crippen LogP contribution in [0.25, 0.3) is 6.08 Å². The largest absolute Gasteiger partial charge is 0.490 e. The van der Waals surface area contributed by atoms with E-state index in [2.05, 4.69) is 22.6 Å². The molecule has 1 aliphatic heterocycles. The van der Waals surface area contributed by atoms with Gasteiger partial charge in [-0.3, -0.25) is 4.79 Å². The van der Waals surface area contributed by atoms with Gasteiger partial charge in [-0.1, -0.05) is 54.2 Å². The average molecular weight is 514 g/mol. The number of fused-ring (bicyclic) bond motifs is 1. The van der Waals surface area contributed by atoms with Crippen molar-refractivity contribution in [2.24, 2.45) is 0 Å². The van der Waals surface area contributed by atoms with Crippen molar-refractivity contribution in [3.8, 4) is 11.5 Å². The molecular weight excluding hydrogens is 495 g/mol. The lowest BCUT2D eigenvalue weighted by Crippen LogP contribution is -2.02. The summed E-state index contributed by atoms with van der Waals surface area (Å²) in [6.07, 6.45) is 1.93. The molecule has 3 aromatic carbocycles. The van der Waals surface area contributed by atoms with Gasteiger partial charge in [0.15, 0.2) is 11.5 Å². The van der Waals surface area contributed by atoms with Gasteiger partial charge < -0.3 is 9.47 Å². The number of ether oxygens (including phenoxy) is 2. The van der Waals surface area contributed by atoms with Crippen molar-refractivity contribution in [3.05, 3.63) is 91.9 Å². The minimum absolute atomic E-state index is 0.0722. The number of hydrogen-bond acceptors (Lipinski definition) is 4. The van der Waals surface area contributed by atoms with Crippen molar-refractivity contribution >= 4 is 46.2 Å². The molecule has 0 aromatic heterocycles. The first-order valence-corrected chi connectivity index (χ1v) is 11.2. The second-order valence-electron chi connectivity index (χ2n) is 6.47. The number of thioether (sulfide) groups is 1. The fourth-order valence-electron chi connectivity index (χ4n) is 3.09. The number of rotatable bonds is 6. The number of halogens is 1. The maximum atomic E-state index is 12.7. The van der Waals surface area contributed by atoms with Gasteiger partial charge in [-0.05, 0) is 71.0 Å². The minimum atomic E-state index is 0.0722. The number of benzene rings is 3. The summed E-state index contributed by atoms with van der Waals surface area (Å²) in [4.78, 5) is 14.4. The number of allylic oxidation sites excluding steroid dienone is 1. The summed E-state index contributed by atoms with van der Waals surface area (Å²) in [5, 5.41) is 0. The molecule has 0 aliphatic carbocycles. The van der Waals surface area contributed by atoms with E-state index < -0.39 is 0 Å². The lowest BCUT2D eigenvalue weighted by molar-refractivity contribution is 0.104. The summed E-state index contributed by atoms with van der Waals surface area (Å²) in [6, 6.07) is 21.7. The van der Waals surface area contributed by atoms with Gasteiger partial charge in [-0.2, -0.15) is 0 Å². The average Bonchev–Trinajstić information content (AvgIpc) is 3.04. The van der Waals surface area contributed by atoms with E-state index in [1.807, 2.05) is 79.7 Å². The first-order valence-electron chi connectivity index (χ1n) is 9.32. The summed E-state index contributed by atoms with van der Waals surface area (Å²) in [7, 11) is 0. The van der Waals surface area contributed by atoms with Crippen molar-refractivity contribution in [1.29, 1.82) is 0 Å². The van der Waals surface area contributed by atoms with Crippen LogP contribution in [-0.2, 0) is 6.61 Å². The molecule has 0 bridgehead atoms. The van der Waals surface area contributed by atoms with E-state index in [-0.39, 0.29) is 5.78 Å². The maximum Gasteiger partial charge on any atom is 0.200 e. The van der Waals surface area contributed by atoms with E-state index in [9.17, 15) is 4.79 Å². The lowest BCUT2D eigenvalue weighted by Gasteiger charge is -2.15. The van der Waals surface area contributed by atoms with E-state index in [4.69, 9.17) is 9.47 Å². The van der Waals surface area contributed by atoms with Crippen LogP contribution in [0, 0.1) is 3.57 Å². The Morgan fingerprint density at radius 3 is 2.52 bits per heavy atom. The number of carbonyl (C=O) groups is 1. The van der Waals surface area contributed by atoms with Crippen LogP contribution in [-0.4, -0.2) is 12.4 Å². The molecule has 0 radical (unpaired) electrons. The van der Waals surface area contributed by atoms with E-state index >= 15 is 0 Å². The van der Waals surface area contributed by atoms with Crippen molar-refractivity contribution in [2.75, 3.05) is 6.61 Å². The molecule has 0 spiro atoms. The SMILES string of the molecule is CCOc1cc(/C=C2\Sc3ccccc3C2=O)cc(I)c1OCc1ccccc1. The van der Waals surface area contributed by atoms with Gasteiger partial charge in [0.05, 0.1) is 15.1 Å². The second-order valence-corrected chi connectivity index (χ2v) is 8.72. The molecule has 0 atom stereocenters. The molecule has 0 saturated carbocycles. The quantitative estimate of drug-likeness (QED) is 0.275. The molecular formula is C24H19IO3S. The molecule has 1 aliphatic rings. The highest BCUT2D eigenvalue weighted by Gasteiger charge is 2.25. The number of hydrogen-bond donors (Lipinski definition) is 0. The molecule has 3 aromatic rings. The number of ketones is 1. The molecule has 4 rings (SSSR count). The summed E-state index contributed by atoms with van der Waals surface area (Å²) in [6.45, 7) is 2.96. The first kappa shape index (κ1) is 20.0. The maximum absolute atomic E-state index is 12.7. The fourth-order valence-corrected chi connectivity index (χ4v) is 4.92. The summed E-state index contributed by atoms with van der Waals surface area (Å²) in [5.41, 5.74) is 2.79. The Hall–Kier alpha value is -2.25. The topological polar surface area (TPSA) is 35.5 Å². The van der Waals surface area contributed by atoms with Crippen LogP contribution in [0.3, 0.4) is 0 Å². The standard InChI is InChI=1S/C24H19IO3S/c1-2-27-20-13-17(14-22-23(26)18-10-6-7-11-21(18)29-22)12-19(25)24(20)28-15-16-8-4-3-5-9-16/h3-14H,2,15H2,1H3/b22-14-. The molecule has 1 heterocycles. The molecule has 5 heteroatoms. The zero-order valence-electron chi connectivity index (χ0n) is 15.9. The van der Waals surface area contributed by atoms with E-state index in [1.54, 1.807) is 0 Å². The summed E-state index contributed by atoms with van der Waals surface area (Å²) >= 11 is 3.77. The molecule has 3 nitrogen and oxygen atoms in total. The third-order valence-corrected chi connectivity index (χ3v) is 6.33. The van der Waals surface area contributed by atoms with Crippen LogP contribution in [0.2, 0.25) is 0 Å². The van der Waals surface area contributed by atoms with Crippen LogP contribution >= 0.6 is 34.4 Å². The molecule has 0 unspecified atom stereocenters. The van der Waals surface area contributed by atoms with Crippen LogP contribution < -0.4 is 9.47 Å². The molecule has 0 fully saturated rings. The highest BCUT2D eigenvalue weighted by Crippen LogP contribution is 2.42. The van der Waals surface area contributed by atoms with E-state index in [0.717, 1.165) is 35.8 Å². The predicted molar refractivity (Wildman–Crippen MR) is 126 cm³/mol. The molecule has 29 heavy (non-hydrogen) atoms. The van der Waals surface area contributed by atoms with Crippen molar-refractivity contribution in [2.45, 2.75) is 18.4 Å². The van der Waals surface area contributed by atoms with Crippen LogP contribution in [0.1, 0.15) is 28.4 Å². The molecule has 0 saturated heterocycles. The predicted octanol–water partition coefficient (Wildman–Crippen LogP) is 6.60. The zero-order chi connectivity index (χ0) is 20.2. The first-order chi connectivity index (χ1) is 14.2. The Bertz CT molecular complexity index is 1080. The Kier molecular flexibility index (Phi) is 6.25. The van der Waals surface area contributed by atoms with Gasteiger partial charge >= 0.3 is 0 Å². The van der Waals surface area contributed by atoms with Gasteiger partial charge in [0.2, 0.25) is 5.78 Å². The Morgan fingerprint density at radius 1 is 1.00 bits per heavy atom. The lowest BCUT2D eigenvalue weighted by atomic mass is 10.1. The van der Waals surface area contributed by atoms with Crippen molar-refractivity contribution in [3.63, 3.8) is 0 Å². The van der Waals surface area contributed by atoms with Crippen LogP contribution in [0.15, 0.2) is 76.5 Å². The van der Waals surface area contributed by atoms with Crippen LogP contribution in [0.5, 0.6) is 11.5 Å². The summed E-state index contributed by atoms with van der Waals surface area (Å²) in [5.74, 6) is 1.49. The Morgan fingerprint density at radius 2 is 1.76 bits per heavy atom. The Balaban J connectivity index is 1.62. The monoisotopic (exact) mass is 514 g/mol.